The third-order valence-corrected chi connectivity index (χ3v) is 4.22. The van der Waals surface area contributed by atoms with Gasteiger partial charge in [0.1, 0.15) is 0 Å². The number of hydrogen-bond acceptors (Lipinski definition) is 3. The molecule has 1 rings (SSSR count). The maximum atomic E-state index is 4.32. The van der Waals surface area contributed by atoms with E-state index in [0.717, 1.165) is 19.4 Å². The summed E-state index contributed by atoms with van der Waals surface area (Å²) < 4.78 is 1.98. The highest BCUT2D eigenvalue weighted by Gasteiger charge is 2.39. The number of nitrogens with one attached hydrogen (secondary N) is 1. The van der Waals surface area contributed by atoms with Crippen LogP contribution in [0.1, 0.15) is 45.3 Å². The van der Waals surface area contributed by atoms with E-state index in [1.165, 1.54) is 5.69 Å². The Bertz CT molecular complexity index is 352. The summed E-state index contributed by atoms with van der Waals surface area (Å²) in [5.41, 5.74) is 1.39. The van der Waals surface area contributed by atoms with Crippen LogP contribution in [-0.4, -0.2) is 40.9 Å². The molecular formula is C14H28N4. The summed E-state index contributed by atoms with van der Waals surface area (Å²) in [6.45, 7) is 7.66. The predicted octanol–water partition coefficient (Wildman–Crippen LogP) is 2.19. The summed E-state index contributed by atoms with van der Waals surface area (Å²) in [4.78, 5) is 2.35. The van der Waals surface area contributed by atoms with Gasteiger partial charge in [-0.05, 0) is 39.5 Å². The number of aryl methyl sites for hydroxylation is 1. The van der Waals surface area contributed by atoms with Crippen LogP contribution < -0.4 is 5.32 Å². The summed E-state index contributed by atoms with van der Waals surface area (Å²) in [6, 6.07) is 2.43. The molecule has 4 nitrogen and oxygen atoms in total. The lowest BCUT2D eigenvalue weighted by atomic mass is 9.81. The minimum Gasteiger partial charge on any atom is -0.307 e. The standard InChI is InChI=1S/C14H28N4/c1-7-14(8-2,17(4)5)13(15-9-3)12-10-11-16-18(12)6/h10-11,13,15H,7-9H2,1-6H3. The molecular weight excluding hydrogens is 224 g/mol. The van der Waals surface area contributed by atoms with Gasteiger partial charge in [0.2, 0.25) is 0 Å². The molecule has 0 saturated heterocycles. The molecule has 1 heterocycles. The van der Waals surface area contributed by atoms with Crippen LogP contribution in [0.5, 0.6) is 0 Å². The molecule has 0 aliphatic rings. The molecule has 0 saturated carbocycles. The fraction of sp³-hybridized carbons (Fsp3) is 0.786. The normalized spacial score (nSPS) is 14.2. The van der Waals surface area contributed by atoms with Crippen LogP contribution in [0.3, 0.4) is 0 Å². The van der Waals surface area contributed by atoms with Gasteiger partial charge in [0.25, 0.3) is 0 Å². The fourth-order valence-electron chi connectivity index (χ4n) is 2.99. The van der Waals surface area contributed by atoms with E-state index in [0.29, 0.717) is 6.04 Å². The summed E-state index contributed by atoms with van der Waals surface area (Å²) >= 11 is 0. The zero-order valence-corrected chi connectivity index (χ0v) is 12.7. The Morgan fingerprint density at radius 1 is 1.33 bits per heavy atom. The van der Waals surface area contributed by atoms with Crippen molar-refractivity contribution >= 4 is 0 Å². The zero-order chi connectivity index (χ0) is 13.8. The molecule has 0 radical (unpaired) electrons. The highest BCUT2D eigenvalue weighted by atomic mass is 15.3. The van der Waals surface area contributed by atoms with E-state index in [4.69, 9.17) is 0 Å². The van der Waals surface area contributed by atoms with Crippen LogP contribution in [-0.2, 0) is 7.05 Å². The number of aromatic nitrogens is 2. The van der Waals surface area contributed by atoms with Crippen LogP contribution in [0.15, 0.2) is 12.3 Å². The maximum absolute atomic E-state index is 4.32. The van der Waals surface area contributed by atoms with Gasteiger partial charge in [-0.25, -0.2) is 0 Å². The van der Waals surface area contributed by atoms with Crippen molar-refractivity contribution in [3.63, 3.8) is 0 Å². The van der Waals surface area contributed by atoms with E-state index in [-0.39, 0.29) is 5.54 Å². The smallest absolute Gasteiger partial charge is 0.0678 e. The first-order chi connectivity index (χ1) is 8.53. The molecule has 0 bridgehead atoms. The summed E-state index contributed by atoms with van der Waals surface area (Å²) in [6.07, 6.45) is 4.10. The third kappa shape index (κ3) is 2.59. The first-order valence-corrected chi connectivity index (χ1v) is 6.92. The van der Waals surface area contributed by atoms with Gasteiger partial charge in [-0.15, -0.1) is 0 Å². The molecule has 104 valence electrons. The maximum Gasteiger partial charge on any atom is 0.0678 e. The van der Waals surface area contributed by atoms with Crippen molar-refractivity contribution in [2.24, 2.45) is 7.05 Å². The highest BCUT2D eigenvalue weighted by Crippen LogP contribution is 2.35. The Hall–Kier alpha value is -0.870. The quantitative estimate of drug-likeness (QED) is 0.807. The van der Waals surface area contributed by atoms with Crippen molar-refractivity contribution < 1.29 is 0 Å². The van der Waals surface area contributed by atoms with Gasteiger partial charge < -0.3 is 10.2 Å². The summed E-state index contributed by atoms with van der Waals surface area (Å²) in [5, 5.41) is 7.97. The zero-order valence-electron chi connectivity index (χ0n) is 12.7. The molecule has 1 unspecified atom stereocenters. The van der Waals surface area contributed by atoms with E-state index >= 15 is 0 Å². The molecule has 0 fully saturated rings. The van der Waals surface area contributed by atoms with E-state index in [9.17, 15) is 0 Å². The SMILES string of the molecule is CCNC(c1ccnn1C)C(CC)(CC)N(C)C. The molecule has 1 aromatic heterocycles. The van der Waals surface area contributed by atoms with Gasteiger partial charge >= 0.3 is 0 Å². The molecule has 0 spiro atoms. The molecule has 0 amide bonds. The number of rotatable bonds is 7. The Balaban J connectivity index is 3.21. The molecule has 4 heteroatoms. The van der Waals surface area contributed by atoms with Gasteiger partial charge in [0.15, 0.2) is 0 Å². The molecule has 1 atom stereocenters. The second kappa shape index (κ2) is 6.34. The van der Waals surface area contributed by atoms with Crippen LogP contribution in [0.25, 0.3) is 0 Å². The van der Waals surface area contributed by atoms with E-state index in [1.807, 2.05) is 17.9 Å². The first-order valence-electron chi connectivity index (χ1n) is 6.92. The van der Waals surface area contributed by atoms with Crippen molar-refractivity contribution in [3.8, 4) is 0 Å². The minimum absolute atomic E-state index is 0.129. The monoisotopic (exact) mass is 252 g/mol. The van der Waals surface area contributed by atoms with Gasteiger partial charge in [-0.1, -0.05) is 20.8 Å². The summed E-state index contributed by atoms with van der Waals surface area (Å²) in [7, 11) is 6.37. The Labute approximate surface area is 111 Å². The largest absolute Gasteiger partial charge is 0.307 e. The van der Waals surface area contributed by atoms with Gasteiger partial charge in [0.05, 0.1) is 11.7 Å². The molecule has 0 aromatic carbocycles. The molecule has 0 aliphatic carbocycles. The number of hydrogen-bond donors (Lipinski definition) is 1. The second-order valence-corrected chi connectivity index (χ2v) is 5.08. The van der Waals surface area contributed by atoms with Crippen LogP contribution in [0.4, 0.5) is 0 Å². The lowest BCUT2D eigenvalue weighted by Crippen LogP contribution is -2.53. The van der Waals surface area contributed by atoms with Crippen LogP contribution >= 0.6 is 0 Å². The topological polar surface area (TPSA) is 33.1 Å². The Morgan fingerprint density at radius 3 is 2.28 bits per heavy atom. The molecule has 0 aliphatic heterocycles. The summed E-state index contributed by atoms with van der Waals surface area (Å²) in [5.74, 6) is 0. The Morgan fingerprint density at radius 2 is 1.94 bits per heavy atom. The molecule has 1 N–H and O–H groups in total. The van der Waals surface area contributed by atoms with Gasteiger partial charge in [0, 0.05) is 18.8 Å². The number of likely N-dealkylation sites (N-methyl/N-ethyl adjacent to an activating group) is 2. The van der Waals surface area contributed by atoms with Crippen molar-refractivity contribution in [2.75, 3.05) is 20.6 Å². The van der Waals surface area contributed by atoms with Crippen LogP contribution in [0.2, 0.25) is 0 Å². The van der Waals surface area contributed by atoms with Crippen molar-refractivity contribution in [1.29, 1.82) is 0 Å². The first kappa shape index (κ1) is 15.2. The third-order valence-electron chi connectivity index (χ3n) is 4.22. The van der Waals surface area contributed by atoms with Gasteiger partial charge in [-0.3, -0.25) is 4.68 Å². The van der Waals surface area contributed by atoms with Gasteiger partial charge in [-0.2, -0.15) is 5.10 Å². The minimum atomic E-state index is 0.129. The highest BCUT2D eigenvalue weighted by molar-refractivity contribution is 5.15. The van der Waals surface area contributed by atoms with Crippen molar-refractivity contribution in [3.05, 3.63) is 18.0 Å². The lowest BCUT2D eigenvalue weighted by molar-refractivity contribution is 0.0852. The van der Waals surface area contributed by atoms with Crippen molar-refractivity contribution in [2.45, 2.75) is 45.2 Å². The average Bonchev–Trinajstić information content (AvgIpc) is 2.75. The van der Waals surface area contributed by atoms with Crippen molar-refractivity contribution in [1.82, 2.24) is 20.0 Å². The van der Waals surface area contributed by atoms with E-state index in [2.05, 4.69) is 56.2 Å². The average molecular weight is 252 g/mol. The Kier molecular flexibility index (Phi) is 5.35. The van der Waals surface area contributed by atoms with Crippen LogP contribution in [0, 0.1) is 0 Å². The fourth-order valence-corrected chi connectivity index (χ4v) is 2.99. The van der Waals surface area contributed by atoms with E-state index < -0.39 is 0 Å². The number of nitrogens with zero attached hydrogens (tertiary/aromatic N) is 3. The molecule has 1 aromatic rings. The second-order valence-electron chi connectivity index (χ2n) is 5.08. The van der Waals surface area contributed by atoms with E-state index in [1.54, 1.807) is 0 Å². The lowest BCUT2D eigenvalue weighted by Gasteiger charge is -2.45. The molecule has 18 heavy (non-hydrogen) atoms. The predicted molar refractivity (Wildman–Crippen MR) is 76.6 cm³/mol.